The van der Waals surface area contributed by atoms with E-state index in [1.807, 2.05) is 6.92 Å². The Hall–Kier alpha value is -1.95. The van der Waals surface area contributed by atoms with Crippen LogP contribution in [0.2, 0.25) is 15.1 Å². The molecular weight excluding hydrogens is 423 g/mol. The lowest BCUT2D eigenvalue weighted by Gasteiger charge is -2.30. The molecule has 0 radical (unpaired) electrons. The Morgan fingerprint density at radius 3 is 2.32 bits per heavy atom. The number of rotatable bonds is 8. The fourth-order valence-electron chi connectivity index (χ4n) is 2.72. The van der Waals surface area contributed by atoms with Gasteiger partial charge in [-0.15, -0.1) is 0 Å². The third-order valence-electron chi connectivity index (χ3n) is 4.18. The molecule has 0 aromatic heterocycles. The molecule has 1 N–H and O–H groups in total. The van der Waals surface area contributed by atoms with Crippen molar-refractivity contribution in [2.75, 3.05) is 13.7 Å². The lowest BCUT2D eigenvalue weighted by Crippen LogP contribution is -2.49. The van der Waals surface area contributed by atoms with Gasteiger partial charge in [0.05, 0.1) is 0 Å². The van der Waals surface area contributed by atoms with Crippen LogP contribution in [0.1, 0.15) is 18.9 Å². The highest BCUT2D eigenvalue weighted by Gasteiger charge is 2.29. The number of hydrogen-bond donors (Lipinski definition) is 1. The summed E-state index contributed by atoms with van der Waals surface area (Å²) in [7, 11) is 1.53. The van der Waals surface area contributed by atoms with Crippen molar-refractivity contribution in [1.29, 1.82) is 0 Å². The molecule has 2 aromatic carbocycles. The summed E-state index contributed by atoms with van der Waals surface area (Å²) in [5, 5.41) is 3.94. The van der Waals surface area contributed by atoms with E-state index >= 15 is 0 Å². The van der Waals surface area contributed by atoms with Crippen LogP contribution >= 0.6 is 34.8 Å². The van der Waals surface area contributed by atoms with Gasteiger partial charge in [0.2, 0.25) is 5.91 Å². The molecule has 0 heterocycles. The monoisotopic (exact) mass is 442 g/mol. The first-order valence-electron chi connectivity index (χ1n) is 8.69. The molecule has 2 amide bonds. The van der Waals surface area contributed by atoms with E-state index in [1.165, 1.54) is 11.9 Å². The molecule has 2 rings (SSSR count). The Morgan fingerprint density at radius 1 is 1.11 bits per heavy atom. The number of halogens is 3. The zero-order chi connectivity index (χ0) is 20.7. The largest absolute Gasteiger partial charge is 0.484 e. The summed E-state index contributed by atoms with van der Waals surface area (Å²) >= 11 is 18.5. The summed E-state index contributed by atoms with van der Waals surface area (Å²) in [6.07, 6.45) is 0.421. The van der Waals surface area contributed by atoms with E-state index in [1.54, 1.807) is 42.5 Å². The number of carbonyl (C=O) groups excluding carboxylic acids is 2. The van der Waals surface area contributed by atoms with Gasteiger partial charge in [-0.3, -0.25) is 9.59 Å². The molecule has 0 fully saturated rings. The lowest BCUT2D eigenvalue weighted by molar-refractivity contribution is -0.142. The molecule has 8 heteroatoms. The van der Waals surface area contributed by atoms with Gasteiger partial charge in [-0.05, 0) is 36.8 Å². The highest BCUT2D eigenvalue weighted by atomic mass is 35.5. The maximum atomic E-state index is 13.0. The summed E-state index contributed by atoms with van der Waals surface area (Å²) in [5.74, 6) is -0.183. The fourth-order valence-corrected chi connectivity index (χ4v) is 3.42. The molecule has 0 saturated heterocycles. The first-order valence-corrected chi connectivity index (χ1v) is 9.83. The van der Waals surface area contributed by atoms with Gasteiger partial charge in [-0.2, -0.15) is 0 Å². The van der Waals surface area contributed by atoms with E-state index in [0.717, 1.165) is 0 Å². The Bertz CT molecular complexity index is 825. The quantitative estimate of drug-likeness (QED) is 0.650. The average Bonchev–Trinajstić information content (AvgIpc) is 2.68. The Kier molecular flexibility index (Phi) is 8.42. The van der Waals surface area contributed by atoms with Gasteiger partial charge in [-0.25, -0.2) is 0 Å². The molecule has 150 valence electrons. The fraction of sp³-hybridized carbons (Fsp3) is 0.300. The van der Waals surface area contributed by atoms with E-state index in [0.29, 0.717) is 32.8 Å². The Balaban J connectivity index is 2.26. The molecule has 28 heavy (non-hydrogen) atoms. The van der Waals surface area contributed by atoms with Gasteiger partial charge in [0.1, 0.15) is 11.8 Å². The molecule has 0 aliphatic rings. The molecular formula is C20H21Cl3N2O3. The predicted octanol–water partition coefficient (Wildman–Crippen LogP) is 4.58. The van der Waals surface area contributed by atoms with E-state index in [4.69, 9.17) is 39.5 Å². The number of benzene rings is 2. The van der Waals surface area contributed by atoms with Crippen molar-refractivity contribution >= 4 is 46.6 Å². The SMILES string of the molecule is CC[C@H](C(=O)NC)N(Cc1c(Cl)cccc1Cl)C(=O)COc1cccc(Cl)c1. The van der Waals surface area contributed by atoms with Crippen LogP contribution in [0, 0.1) is 0 Å². The third kappa shape index (κ3) is 5.77. The zero-order valence-electron chi connectivity index (χ0n) is 15.5. The van der Waals surface area contributed by atoms with Crippen LogP contribution in [0.25, 0.3) is 0 Å². The third-order valence-corrected chi connectivity index (χ3v) is 5.12. The van der Waals surface area contributed by atoms with Crippen molar-refractivity contribution < 1.29 is 14.3 Å². The van der Waals surface area contributed by atoms with Crippen LogP contribution in [0.3, 0.4) is 0 Å². The smallest absolute Gasteiger partial charge is 0.261 e. The van der Waals surface area contributed by atoms with Crippen LogP contribution in [0.5, 0.6) is 5.75 Å². The topological polar surface area (TPSA) is 58.6 Å². The molecule has 0 aliphatic carbocycles. The van der Waals surface area contributed by atoms with Crippen LogP contribution in [0.15, 0.2) is 42.5 Å². The Labute approximate surface area is 179 Å². The maximum Gasteiger partial charge on any atom is 0.261 e. The molecule has 0 spiro atoms. The molecule has 2 aromatic rings. The molecule has 5 nitrogen and oxygen atoms in total. The van der Waals surface area contributed by atoms with E-state index < -0.39 is 6.04 Å². The zero-order valence-corrected chi connectivity index (χ0v) is 17.8. The molecule has 0 bridgehead atoms. The van der Waals surface area contributed by atoms with E-state index in [9.17, 15) is 9.59 Å². The normalized spacial score (nSPS) is 11.6. The number of nitrogens with zero attached hydrogens (tertiary/aromatic N) is 1. The van der Waals surface area contributed by atoms with E-state index in [-0.39, 0.29) is 25.0 Å². The van der Waals surface area contributed by atoms with Crippen molar-refractivity contribution in [2.24, 2.45) is 0 Å². The summed E-state index contributed by atoms with van der Waals surface area (Å²) < 4.78 is 5.56. The highest BCUT2D eigenvalue weighted by molar-refractivity contribution is 6.36. The van der Waals surface area contributed by atoms with Gasteiger partial charge < -0.3 is 15.0 Å². The molecule has 0 saturated carbocycles. The summed E-state index contributed by atoms with van der Waals surface area (Å²) in [5.41, 5.74) is 0.573. The molecule has 0 aliphatic heterocycles. The minimum Gasteiger partial charge on any atom is -0.484 e. The summed E-state index contributed by atoms with van der Waals surface area (Å²) in [6, 6.07) is 11.2. The number of likely N-dealkylation sites (N-methyl/N-ethyl adjacent to an activating group) is 1. The van der Waals surface area contributed by atoms with Crippen molar-refractivity contribution in [2.45, 2.75) is 25.9 Å². The number of amides is 2. The van der Waals surface area contributed by atoms with E-state index in [2.05, 4.69) is 5.32 Å². The first-order chi connectivity index (χ1) is 13.4. The van der Waals surface area contributed by atoms with Crippen LogP contribution in [0.4, 0.5) is 0 Å². The van der Waals surface area contributed by atoms with Gasteiger partial charge >= 0.3 is 0 Å². The van der Waals surface area contributed by atoms with Crippen molar-refractivity contribution in [1.82, 2.24) is 10.2 Å². The standard InChI is InChI=1S/C20H21Cl3N2O3/c1-3-18(20(27)24-2)25(11-15-16(22)8-5-9-17(15)23)19(26)12-28-14-7-4-6-13(21)10-14/h4-10,18H,3,11-12H2,1-2H3,(H,24,27)/t18-/m1/s1. The van der Waals surface area contributed by atoms with Crippen LogP contribution in [-0.4, -0.2) is 36.4 Å². The van der Waals surface area contributed by atoms with Gasteiger partial charge in [0.25, 0.3) is 5.91 Å². The predicted molar refractivity (Wildman–Crippen MR) is 112 cm³/mol. The summed E-state index contributed by atoms with van der Waals surface area (Å²) in [6.45, 7) is 1.66. The first kappa shape index (κ1) is 22.3. The molecule has 1 atom stereocenters. The second-order valence-electron chi connectivity index (χ2n) is 6.01. The van der Waals surface area contributed by atoms with Crippen molar-refractivity contribution in [3.8, 4) is 5.75 Å². The lowest BCUT2D eigenvalue weighted by atomic mass is 10.1. The average molecular weight is 444 g/mol. The maximum absolute atomic E-state index is 13.0. The second-order valence-corrected chi connectivity index (χ2v) is 7.26. The highest BCUT2D eigenvalue weighted by Crippen LogP contribution is 2.27. The minimum atomic E-state index is -0.687. The van der Waals surface area contributed by atoms with Crippen molar-refractivity contribution in [3.63, 3.8) is 0 Å². The summed E-state index contributed by atoms with van der Waals surface area (Å²) in [4.78, 5) is 26.7. The number of ether oxygens (including phenoxy) is 1. The second kappa shape index (κ2) is 10.6. The van der Waals surface area contributed by atoms with Crippen LogP contribution in [-0.2, 0) is 16.1 Å². The number of hydrogen-bond acceptors (Lipinski definition) is 3. The van der Waals surface area contributed by atoms with Crippen molar-refractivity contribution in [3.05, 3.63) is 63.1 Å². The van der Waals surface area contributed by atoms with Gasteiger partial charge in [0.15, 0.2) is 6.61 Å². The minimum absolute atomic E-state index is 0.0855. The Morgan fingerprint density at radius 2 is 1.75 bits per heavy atom. The number of nitrogens with one attached hydrogen (secondary N) is 1. The van der Waals surface area contributed by atoms with Gasteiger partial charge in [-0.1, -0.05) is 53.9 Å². The van der Waals surface area contributed by atoms with Crippen LogP contribution < -0.4 is 10.1 Å². The van der Waals surface area contributed by atoms with Gasteiger partial charge in [0, 0.05) is 34.2 Å². The molecule has 0 unspecified atom stereocenters. The number of carbonyl (C=O) groups is 2.